The number of methoxy groups -OCH3 is 2. The fourth-order valence-electron chi connectivity index (χ4n) is 4.17. The predicted molar refractivity (Wildman–Crippen MR) is 127 cm³/mol. The van der Waals surface area contributed by atoms with Gasteiger partial charge in [-0.15, -0.1) is 6.42 Å². The fraction of sp³-hybridized carbons (Fsp3) is 0.400. The Hall–Kier alpha value is -2.39. The molecule has 1 aliphatic rings. The molecule has 0 aromatic heterocycles. The first-order valence-corrected chi connectivity index (χ1v) is 11.3. The lowest BCUT2D eigenvalue weighted by Gasteiger charge is -2.34. The van der Waals surface area contributed by atoms with Gasteiger partial charge in [0.15, 0.2) is 17.6 Å². The van der Waals surface area contributed by atoms with Crippen LogP contribution in [0.2, 0.25) is 10.0 Å². The highest BCUT2D eigenvalue weighted by Gasteiger charge is 2.31. The Kier molecular flexibility index (Phi) is 8.69. The van der Waals surface area contributed by atoms with E-state index < -0.39 is 6.10 Å². The summed E-state index contributed by atoms with van der Waals surface area (Å²) in [5.41, 5.74) is 1.70. The van der Waals surface area contributed by atoms with Gasteiger partial charge in [-0.05, 0) is 48.2 Å². The minimum Gasteiger partial charge on any atom is -0.493 e. The summed E-state index contributed by atoms with van der Waals surface area (Å²) >= 11 is 12.2. The molecule has 2 aromatic rings. The molecule has 0 spiro atoms. The third-order valence-electron chi connectivity index (χ3n) is 5.75. The Bertz CT molecular complexity index is 988. The first kappa shape index (κ1) is 24.3. The zero-order valence-corrected chi connectivity index (χ0v) is 19.7. The largest absolute Gasteiger partial charge is 0.493 e. The van der Waals surface area contributed by atoms with Gasteiger partial charge in [0.2, 0.25) is 0 Å². The number of halogens is 2. The number of hydrogen-bond acceptors (Lipinski definition) is 4. The number of hydrogen-bond donors (Lipinski definition) is 1. The SMILES string of the molecule is C#CCOC(C(=O)NC1CCCCC1c1ccc(OC)c(OC)c1)c1ccc(Cl)c(Cl)c1. The van der Waals surface area contributed by atoms with Gasteiger partial charge in [0.1, 0.15) is 6.61 Å². The molecule has 3 unspecified atom stereocenters. The van der Waals surface area contributed by atoms with Crippen LogP contribution in [-0.2, 0) is 9.53 Å². The van der Waals surface area contributed by atoms with Gasteiger partial charge in [0, 0.05) is 12.0 Å². The van der Waals surface area contributed by atoms with Crippen LogP contribution in [0.15, 0.2) is 36.4 Å². The summed E-state index contributed by atoms with van der Waals surface area (Å²) in [6, 6.07) is 10.9. The number of nitrogens with one attached hydrogen (secondary N) is 1. The first-order valence-electron chi connectivity index (χ1n) is 10.5. The maximum atomic E-state index is 13.3. The van der Waals surface area contributed by atoms with E-state index in [1.807, 2.05) is 18.2 Å². The van der Waals surface area contributed by atoms with Crippen LogP contribution in [0.4, 0.5) is 0 Å². The van der Waals surface area contributed by atoms with Gasteiger partial charge in [-0.2, -0.15) is 0 Å². The normalized spacial score (nSPS) is 19.0. The Labute approximate surface area is 199 Å². The van der Waals surface area contributed by atoms with Crippen molar-refractivity contribution in [1.29, 1.82) is 0 Å². The average Bonchev–Trinajstić information content (AvgIpc) is 2.81. The standard InChI is InChI=1S/C25H27Cl2NO4/c1-4-13-32-24(17-9-11-19(26)20(27)14-17)25(29)28-21-8-6-5-7-18(21)16-10-12-22(30-2)23(15-16)31-3/h1,9-12,14-15,18,21,24H,5-8,13H2,2-3H3,(H,28,29). The number of terminal acetylenes is 1. The monoisotopic (exact) mass is 475 g/mol. The summed E-state index contributed by atoms with van der Waals surface area (Å²) in [5, 5.41) is 3.96. The molecule has 0 saturated heterocycles. The molecule has 1 saturated carbocycles. The smallest absolute Gasteiger partial charge is 0.254 e. The topological polar surface area (TPSA) is 56.8 Å². The number of ether oxygens (including phenoxy) is 3. The molecule has 5 nitrogen and oxygen atoms in total. The maximum Gasteiger partial charge on any atom is 0.254 e. The number of carbonyl (C=O) groups is 1. The zero-order valence-electron chi connectivity index (χ0n) is 18.2. The molecule has 1 N–H and O–H groups in total. The van der Waals surface area contributed by atoms with Crippen molar-refractivity contribution in [2.45, 2.75) is 43.7 Å². The summed E-state index contributed by atoms with van der Waals surface area (Å²) in [6.45, 7) is 0.00209. The van der Waals surface area contributed by atoms with E-state index in [-0.39, 0.29) is 24.5 Å². The zero-order chi connectivity index (χ0) is 23.1. The van der Waals surface area contributed by atoms with Crippen LogP contribution < -0.4 is 14.8 Å². The third kappa shape index (κ3) is 5.69. The van der Waals surface area contributed by atoms with Crippen molar-refractivity contribution in [3.8, 4) is 23.8 Å². The lowest BCUT2D eigenvalue weighted by atomic mass is 9.79. The molecule has 1 fully saturated rings. The van der Waals surface area contributed by atoms with Crippen LogP contribution in [0, 0.1) is 12.3 Å². The van der Waals surface area contributed by atoms with Gasteiger partial charge < -0.3 is 19.5 Å². The van der Waals surface area contributed by atoms with Crippen LogP contribution in [0.5, 0.6) is 11.5 Å². The minimum atomic E-state index is -0.881. The average molecular weight is 476 g/mol. The van der Waals surface area contributed by atoms with E-state index in [9.17, 15) is 4.79 Å². The van der Waals surface area contributed by atoms with Crippen molar-refractivity contribution in [3.63, 3.8) is 0 Å². The molecular weight excluding hydrogens is 449 g/mol. The lowest BCUT2D eigenvalue weighted by Crippen LogP contribution is -2.43. The second-order valence-electron chi connectivity index (χ2n) is 7.69. The lowest BCUT2D eigenvalue weighted by molar-refractivity contribution is -0.133. The predicted octanol–water partition coefficient (Wildman–Crippen LogP) is 5.54. The molecule has 0 aliphatic heterocycles. The maximum absolute atomic E-state index is 13.3. The van der Waals surface area contributed by atoms with Gasteiger partial charge in [-0.1, -0.05) is 54.1 Å². The molecule has 3 atom stereocenters. The molecule has 3 rings (SSSR count). The number of benzene rings is 2. The molecule has 1 aliphatic carbocycles. The molecular formula is C25H27Cl2NO4. The van der Waals surface area contributed by atoms with Crippen LogP contribution >= 0.6 is 23.2 Å². The van der Waals surface area contributed by atoms with Gasteiger partial charge in [0.25, 0.3) is 5.91 Å². The molecule has 0 radical (unpaired) electrons. The highest BCUT2D eigenvalue weighted by atomic mass is 35.5. The molecule has 32 heavy (non-hydrogen) atoms. The van der Waals surface area contributed by atoms with Crippen molar-refractivity contribution in [2.24, 2.45) is 0 Å². The second-order valence-corrected chi connectivity index (χ2v) is 8.50. The summed E-state index contributed by atoms with van der Waals surface area (Å²) in [6.07, 6.45) is 8.45. The summed E-state index contributed by atoms with van der Waals surface area (Å²) in [7, 11) is 3.23. The Morgan fingerprint density at radius 2 is 1.84 bits per heavy atom. The van der Waals surface area contributed by atoms with Crippen LogP contribution in [-0.4, -0.2) is 32.8 Å². The van der Waals surface area contributed by atoms with E-state index in [2.05, 4.69) is 11.2 Å². The number of rotatable bonds is 8. The quantitative estimate of drug-likeness (QED) is 0.508. The van der Waals surface area contributed by atoms with Crippen LogP contribution in [0.1, 0.15) is 48.8 Å². The van der Waals surface area contributed by atoms with E-state index in [4.69, 9.17) is 43.8 Å². The van der Waals surface area contributed by atoms with E-state index >= 15 is 0 Å². The van der Waals surface area contributed by atoms with E-state index in [0.29, 0.717) is 27.1 Å². The van der Waals surface area contributed by atoms with Crippen molar-refractivity contribution in [1.82, 2.24) is 5.32 Å². The summed E-state index contributed by atoms with van der Waals surface area (Å²) in [4.78, 5) is 13.3. The molecule has 170 valence electrons. The van der Waals surface area contributed by atoms with Crippen molar-refractivity contribution >= 4 is 29.1 Å². The number of amides is 1. The highest BCUT2D eigenvalue weighted by Crippen LogP contribution is 2.38. The van der Waals surface area contributed by atoms with Gasteiger partial charge in [-0.3, -0.25) is 4.79 Å². The third-order valence-corrected chi connectivity index (χ3v) is 6.49. The van der Waals surface area contributed by atoms with Gasteiger partial charge in [-0.25, -0.2) is 0 Å². The fourth-order valence-corrected chi connectivity index (χ4v) is 4.48. The molecule has 2 aromatic carbocycles. The van der Waals surface area contributed by atoms with E-state index in [0.717, 1.165) is 31.2 Å². The van der Waals surface area contributed by atoms with E-state index in [1.165, 1.54) is 0 Å². The highest BCUT2D eigenvalue weighted by molar-refractivity contribution is 6.42. The Balaban J connectivity index is 1.83. The Morgan fingerprint density at radius 3 is 2.53 bits per heavy atom. The van der Waals surface area contributed by atoms with Crippen molar-refractivity contribution < 1.29 is 19.0 Å². The number of carbonyl (C=O) groups excluding carboxylic acids is 1. The molecule has 0 bridgehead atoms. The van der Waals surface area contributed by atoms with E-state index in [1.54, 1.807) is 32.4 Å². The molecule has 7 heteroatoms. The minimum absolute atomic E-state index is 0.00209. The van der Waals surface area contributed by atoms with Gasteiger partial charge in [0.05, 0.1) is 24.3 Å². The Morgan fingerprint density at radius 1 is 1.09 bits per heavy atom. The van der Waals surface area contributed by atoms with Gasteiger partial charge >= 0.3 is 0 Å². The van der Waals surface area contributed by atoms with Crippen LogP contribution in [0.25, 0.3) is 0 Å². The molecule has 0 heterocycles. The van der Waals surface area contributed by atoms with Crippen LogP contribution in [0.3, 0.4) is 0 Å². The summed E-state index contributed by atoms with van der Waals surface area (Å²) < 4.78 is 16.5. The second kappa shape index (κ2) is 11.5. The summed E-state index contributed by atoms with van der Waals surface area (Å²) in [5.74, 6) is 3.67. The first-order chi connectivity index (χ1) is 15.5. The van der Waals surface area contributed by atoms with Crippen molar-refractivity contribution in [2.75, 3.05) is 20.8 Å². The van der Waals surface area contributed by atoms with Crippen molar-refractivity contribution in [3.05, 3.63) is 57.6 Å². The molecule has 1 amide bonds.